The van der Waals surface area contributed by atoms with E-state index in [9.17, 15) is 0 Å². The minimum atomic E-state index is 0.0603. The van der Waals surface area contributed by atoms with E-state index in [1.54, 1.807) is 7.11 Å². The zero-order valence-corrected chi connectivity index (χ0v) is 10.1. The van der Waals surface area contributed by atoms with Crippen molar-refractivity contribution in [2.75, 3.05) is 13.7 Å². The highest BCUT2D eigenvalue weighted by Crippen LogP contribution is 2.28. The van der Waals surface area contributed by atoms with Crippen molar-refractivity contribution < 1.29 is 14.3 Å². The number of benzene rings is 1. The molecule has 1 atom stereocenters. The summed E-state index contributed by atoms with van der Waals surface area (Å²) in [4.78, 5) is 0. The molecule has 0 unspecified atom stereocenters. The fourth-order valence-electron chi connectivity index (χ4n) is 1.68. The molecule has 0 aliphatic rings. The molecule has 17 heavy (non-hydrogen) atoms. The third-order valence-corrected chi connectivity index (χ3v) is 2.68. The zero-order valence-electron chi connectivity index (χ0n) is 10.1. The first-order chi connectivity index (χ1) is 8.24. The number of para-hydroxylation sites is 1. The van der Waals surface area contributed by atoms with Gasteiger partial charge in [0, 0.05) is 11.4 Å². The number of methoxy groups -OCH3 is 1. The van der Waals surface area contributed by atoms with Gasteiger partial charge in [0.2, 0.25) is 0 Å². The molecule has 0 spiro atoms. The summed E-state index contributed by atoms with van der Waals surface area (Å²) in [6, 6.07) is 7.84. The molecule has 0 bridgehead atoms. The summed E-state index contributed by atoms with van der Waals surface area (Å²) in [6.07, 6.45) is 0. The molecule has 92 valence electrons. The van der Waals surface area contributed by atoms with Gasteiger partial charge in [-0.05, 0) is 19.1 Å². The van der Waals surface area contributed by atoms with Gasteiger partial charge in [-0.25, -0.2) is 0 Å². The van der Waals surface area contributed by atoms with E-state index in [0.29, 0.717) is 6.54 Å². The molecule has 1 aromatic carbocycles. The topological polar surface area (TPSA) is 54.6 Å². The van der Waals surface area contributed by atoms with E-state index in [1.807, 2.05) is 31.2 Å². The number of ether oxygens (including phenoxy) is 1. The lowest BCUT2D eigenvalue weighted by atomic mass is 10.2. The number of aliphatic hydroxyl groups is 1. The Bertz CT molecular complexity index is 492. The van der Waals surface area contributed by atoms with Crippen molar-refractivity contribution in [3.05, 3.63) is 30.0 Å². The lowest BCUT2D eigenvalue weighted by Crippen LogP contribution is -2.28. The monoisotopic (exact) mass is 235 g/mol. The van der Waals surface area contributed by atoms with Gasteiger partial charge in [-0.3, -0.25) is 0 Å². The maximum Gasteiger partial charge on any atom is 0.176 e. The number of aliphatic hydroxyl groups excluding tert-OH is 1. The van der Waals surface area contributed by atoms with Crippen molar-refractivity contribution in [1.82, 2.24) is 5.32 Å². The van der Waals surface area contributed by atoms with Gasteiger partial charge in [0.05, 0.1) is 20.3 Å². The molecular weight excluding hydrogens is 218 g/mol. The average molecular weight is 235 g/mol. The normalized spacial score (nSPS) is 12.9. The summed E-state index contributed by atoms with van der Waals surface area (Å²) in [6.45, 7) is 2.63. The Hall–Kier alpha value is -1.52. The van der Waals surface area contributed by atoms with E-state index in [0.717, 1.165) is 22.5 Å². The van der Waals surface area contributed by atoms with E-state index in [-0.39, 0.29) is 12.6 Å². The van der Waals surface area contributed by atoms with Crippen LogP contribution in [0, 0.1) is 0 Å². The second kappa shape index (κ2) is 5.21. The molecule has 1 aromatic heterocycles. The molecule has 4 heteroatoms. The maximum absolute atomic E-state index is 8.92. The van der Waals surface area contributed by atoms with Crippen molar-refractivity contribution in [3.63, 3.8) is 0 Å². The number of rotatable bonds is 5. The van der Waals surface area contributed by atoms with Crippen molar-refractivity contribution >= 4 is 11.0 Å². The van der Waals surface area contributed by atoms with E-state index in [2.05, 4.69) is 5.32 Å². The van der Waals surface area contributed by atoms with Gasteiger partial charge >= 0.3 is 0 Å². The Balaban J connectivity index is 2.20. The van der Waals surface area contributed by atoms with Crippen LogP contribution in [-0.4, -0.2) is 24.9 Å². The lowest BCUT2D eigenvalue weighted by molar-refractivity contribution is 0.248. The van der Waals surface area contributed by atoms with E-state index < -0.39 is 0 Å². The average Bonchev–Trinajstić information content (AvgIpc) is 2.78. The molecule has 2 rings (SSSR count). The third kappa shape index (κ3) is 2.60. The summed E-state index contributed by atoms with van der Waals surface area (Å²) in [5, 5.41) is 13.1. The van der Waals surface area contributed by atoms with Gasteiger partial charge in [-0.2, -0.15) is 0 Å². The lowest BCUT2D eigenvalue weighted by Gasteiger charge is -2.08. The van der Waals surface area contributed by atoms with Crippen LogP contribution in [-0.2, 0) is 6.54 Å². The largest absolute Gasteiger partial charge is 0.493 e. The number of hydrogen-bond donors (Lipinski definition) is 2. The minimum absolute atomic E-state index is 0.0603. The SMILES string of the molecule is COc1cccc2cc(CN[C@H](C)CO)oc12. The number of fused-ring (bicyclic) bond motifs is 1. The molecule has 0 aliphatic heterocycles. The summed E-state index contributed by atoms with van der Waals surface area (Å²) in [5.41, 5.74) is 0.767. The van der Waals surface area contributed by atoms with Crippen LogP contribution >= 0.6 is 0 Å². The van der Waals surface area contributed by atoms with Gasteiger partial charge in [-0.15, -0.1) is 0 Å². The molecule has 0 fully saturated rings. The van der Waals surface area contributed by atoms with Crippen LogP contribution in [0.3, 0.4) is 0 Å². The molecular formula is C13H17NO3. The van der Waals surface area contributed by atoms with Crippen molar-refractivity contribution in [1.29, 1.82) is 0 Å². The van der Waals surface area contributed by atoms with Crippen LogP contribution in [0.5, 0.6) is 5.75 Å². The summed E-state index contributed by atoms with van der Waals surface area (Å²) in [7, 11) is 1.63. The Labute approximate surface area is 100 Å². The van der Waals surface area contributed by atoms with Gasteiger partial charge in [0.15, 0.2) is 11.3 Å². The van der Waals surface area contributed by atoms with E-state index >= 15 is 0 Å². The first-order valence-electron chi connectivity index (χ1n) is 5.64. The summed E-state index contributed by atoms with van der Waals surface area (Å²) in [5.74, 6) is 1.58. The van der Waals surface area contributed by atoms with Crippen LogP contribution in [0.4, 0.5) is 0 Å². The predicted octanol–water partition coefficient (Wildman–Crippen LogP) is 1.91. The Morgan fingerprint density at radius 1 is 1.47 bits per heavy atom. The highest BCUT2D eigenvalue weighted by molar-refractivity contribution is 5.83. The Morgan fingerprint density at radius 2 is 2.29 bits per heavy atom. The number of nitrogens with one attached hydrogen (secondary N) is 1. The molecule has 2 N–H and O–H groups in total. The maximum atomic E-state index is 8.92. The third-order valence-electron chi connectivity index (χ3n) is 2.68. The highest BCUT2D eigenvalue weighted by Gasteiger charge is 2.09. The van der Waals surface area contributed by atoms with E-state index in [4.69, 9.17) is 14.3 Å². The van der Waals surface area contributed by atoms with Gasteiger partial charge in [0.25, 0.3) is 0 Å². The molecule has 0 amide bonds. The van der Waals surface area contributed by atoms with Gasteiger partial charge in [-0.1, -0.05) is 12.1 Å². The van der Waals surface area contributed by atoms with Gasteiger partial charge < -0.3 is 19.6 Å². The standard InChI is InChI=1S/C13H17NO3/c1-9(8-15)14-7-11-6-10-4-3-5-12(16-2)13(10)17-11/h3-6,9,14-15H,7-8H2,1-2H3/t9-/m1/s1. The fourth-order valence-corrected chi connectivity index (χ4v) is 1.68. The quantitative estimate of drug-likeness (QED) is 0.831. The smallest absolute Gasteiger partial charge is 0.176 e. The summed E-state index contributed by atoms with van der Waals surface area (Å²) >= 11 is 0. The fraction of sp³-hybridized carbons (Fsp3) is 0.385. The van der Waals surface area contributed by atoms with Crippen LogP contribution in [0.1, 0.15) is 12.7 Å². The molecule has 0 saturated heterocycles. The first-order valence-corrected chi connectivity index (χ1v) is 5.64. The second-order valence-corrected chi connectivity index (χ2v) is 4.06. The molecule has 0 radical (unpaired) electrons. The highest BCUT2D eigenvalue weighted by atomic mass is 16.5. The molecule has 2 aromatic rings. The van der Waals surface area contributed by atoms with Crippen LogP contribution in [0.2, 0.25) is 0 Å². The van der Waals surface area contributed by atoms with Gasteiger partial charge in [0.1, 0.15) is 5.76 Å². The second-order valence-electron chi connectivity index (χ2n) is 4.06. The molecule has 0 aliphatic carbocycles. The molecule has 1 heterocycles. The molecule has 4 nitrogen and oxygen atoms in total. The van der Waals surface area contributed by atoms with Crippen LogP contribution < -0.4 is 10.1 Å². The molecule has 0 saturated carbocycles. The van der Waals surface area contributed by atoms with Crippen molar-refractivity contribution in [2.45, 2.75) is 19.5 Å². The number of hydrogen-bond acceptors (Lipinski definition) is 4. The van der Waals surface area contributed by atoms with Crippen molar-refractivity contribution in [2.24, 2.45) is 0 Å². The predicted molar refractivity (Wildman–Crippen MR) is 66.2 cm³/mol. The van der Waals surface area contributed by atoms with Crippen molar-refractivity contribution in [3.8, 4) is 5.75 Å². The Kier molecular flexibility index (Phi) is 3.66. The van der Waals surface area contributed by atoms with Crippen LogP contribution in [0.15, 0.2) is 28.7 Å². The minimum Gasteiger partial charge on any atom is -0.493 e. The summed E-state index contributed by atoms with van der Waals surface area (Å²) < 4.78 is 10.9. The van der Waals surface area contributed by atoms with Crippen LogP contribution in [0.25, 0.3) is 11.0 Å². The van der Waals surface area contributed by atoms with E-state index in [1.165, 1.54) is 0 Å². The first kappa shape index (κ1) is 12.0. The Morgan fingerprint density at radius 3 is 3.00 bits per heavy atom. The number of furan rings is 1. The zero-order chi connectivity index (χ0) is 12.3.